The molecule has 1 rings (SSSR count). The predicted octanol–water partition coefficient (Wildman–Crippen LogP) is 1.06. The van der Waals surface area contributed by atoms with Gasteiger partial charge in [-0.3, -0.25) is 4.79 Å². The average molecular weight is 355 g/mol. The van der Waals surface area contributed by atoms with Crippen LogP contribution in [0.2, 0.25) is 10.0 Å². The molecule has 0 saturated heterocycles. The highest BCUT2D eigenvalue weighted by atomic mass is 35.5. The van der Waals surface area contributed by atoms with Crippen LogP contribution in [0.4, 0.5) is 0 Å². The number of hydrogen-bond acceptors (Lipinski definition) is 4. The number of aromatic carboxylic acids is 1. The number of rotatable bonds is 5. The smallest absolute Gasteiger partial charge is 0.337 e. The SMILES string of the molecule is CN(C)C(=O)CNS(=O)(=O)c1cc(C(=O)O)c(Cl)cc1Cl. The molecule has 1 aromatic carbocycles. The van der Waals surface area contributed by atoms with Gasteiger partial charge in [0, 0.05) is 14.1 Å². The highest BCUT2D eigenvalue weighted by molar-refractivity contribution is 7.89. The number of halogens is 2. The first-order valence-corrected chi connectivity index (χ1v) is 7.72. The Bertz CT molecular complexity index is 688. The van der Waals surface area contributed by atoms with Crippen LogP contribution in [0.5, 0.6) is 0 Å². The molecule has 21 heavy (non-hydrogen) atoms. The lowest BCUT2D eigenvalue weighted by atomic mass is 10.2. The van der Waals surface area contributed by atoms with E-state index in [1.165, 1.54) is 19.0 Å². The van der Waals surface area contributed by atoms with Crippen molar-refractivity contribution in [3.05, 3.63) is 27.7 Å². The molecule has 116 valence electrons. The number of carbonyl (C=O) groups is 2. The number of benzene rings is 1. The lowest BCUT2D eigenvalue weighted by molar-refractivity contribution is -0.127. The van der Waals surface area contributed by atoms with Crippen molar-refractivity contribution in [2.45, 2.75) is 4.90 Å². The Labute approximate surface area is 131 Å². The Morgan fingerprint density at radius 2 is 1.81 bits per heavy atom. The van der Waals surface area contributed by atoms with Crippen LogP contribution in [0.25, 0.3) is 0 Å². The number of nitrogens with one attached hydrogen (secondary N) is 1. The summed E-state index contributed by atoms with van der Waals surface area (Å²) in [6, 6.07) is 1.87. The lowest BCUT2D eigenvalue weighted by Gasteiger charge is -2.12. The van der Waals surface area contributed by atoms with Crippen molar-refractivity contribution in [3.8, 4) is 0 Å². The summed E-state index contributed by atoms with van der Waals surface area (Å²) in [4.78, 5) is 23.1. The van der Waals surface area contributed by atoms with Crippen LogP contribution in [0.1, 0.15) is 10.4 Å². The highest BCUT2D eigenvalue weighted by Crippen LogP contribution is 2.28. The van der Waals surface area contributed by atoms with Crippen molar-refractivity contribution >= 4 is 45.1 Å². The minimum Gasteiger partial charge on any atom is -0.478 e. The molecular weight excluding hydrogens is 343 g/mol. The van der Waals surface area contributed by atoms with E-state index >= 15 is 0 Å². The van der Waals surface area contributed by atoms with Crippen LogP contribution < -0.4 is 4.72 Å². The van der Waals surface area contributed by atoms with Crippen LogP contribution in [0, 0.1) is 0 Å². The third-order valence-electron chi connectivity index (χ3n) is 2.45. The largest absolute Gasteiger partial charge is 0.478 e. The maximum absolute atomic E-state index is 12.1. The normalized spacial score (nSPS) is 11.2. The highest BCUT2D eigenvalue weighted by Gasteiger charge is 2.23. The number of carbonyl (C=O) groups excluding carboxylic acids is 1. The summed E-state index contributed by atoms with van der Waals surface area (Å²) < 4.78 is 26.2. The third kappa shape index (κ3) is 4.31. The van der Waals surface area contributed by atoms with Gasteiger partial charge in [0.2, 0.25) is 15.9 Å². The molecule has 0 aromatic heterocycles. The van der Waals surface area contributed by atoms with Crippen LogP contribution in [0.3, 0.4) is 0 Å². The molecule has 1 aromatic rings. The first kappa shape index (κ1) is 17.7. The number of amides is 1. The van der Waals surface area contributed by atoms with Crippen molar-refractivity contribution in [2.24, 2.45) is 0 Å². The Kier molecular flexibility index (Phi) is 5.57. The zero-order valence-corrected chi connectivity index (χ0v) is 13.4. The van der Waals surface area contributed by atoms with Crippen molar-refractivity contribution in [1.29, 1.82) is 0 Å². The first-order valence-electron chi connectivity index (χ1n) is 5.48. The molecule has 0 radical (unpaired) electrons. The number of hydrogen-bond donors (Lipinski definition) is 2. The average Bonchev–Trinajstić information content (AvgIpc) is 2.34. The zero-order valence-electron chi connectivity index (χ0n) is 11.1. The second-order valence-corrected chi connectivity index (χ2v) is 6.73. The molecule has 2 N–H and O–H groups in total. The number of carboxylic acids is 1. The molecule has 0 aliphatic carbocycles. The van der Waals surface area contributed by atoms with Gasteiger partial charge in [-0.15, -0.1) is 0 Å². The second kappa shape index (κ2) is 6.61. The van der Waals surface area contributed by atoms with Crippen LogP contribution >= 0.6 is 23.2 Å². The summed E-state index contributed by atoms with van der Waals surface area (Å²) >= 11 is 11.5. The molecule has 10 heteroatoms. The van der Waals surface area contributed by atoms with Crippen LogP contribution in [-0.4, -0.2) is 50.9 Å². The van der Waals surface area contributed by atoms with Gasteiger partial charge >= 0.3 is 5.97 Å². The number of sulfonamides is 1. The summed E-state index contributed by atoms with van der Waals surface area (Å²) in [6.07, 6.45) is 0. The summed E-state index contributed by atoms with van der Waals surface area (Å²) in [5.41, 5.74) is -0.402. The van der Waals surface area contributed by atoms with Gasteiger partial charge in [-0.2, -0.15) is 0 Å². The Morgan fingerprint density at radius 1 is 1.24 bits per heavy atom. The molecular formula is C11H12Cl2N2O5S. The van der Waals surface area contributed by atoms with Gasteiger partial charge in [0.15, 0.2) is 0 Å². The summed E-state index contributed by atoms with van der Waals surface area (Å²) in [6.45, 7) is -0.476. The van der Waals surface area contributed by atoms with E-state index in [-0.39, 0.29) is 10.0 Å². The molecule has 0 saturated carbocycles. The Morgan fingerprint density at radius 3 is 2.29 bits per heavy atom. The minimum atomic E-state index is -4.14. The Hall–Kier alpha value is -1.35. The molecule has 7 nitrogen and oxygen atoms in total. The molecule has 0 fully saturated rings. The van der Waals surface area contributed by atoms with E-state index in [0.29, 0.717) is 0 Å². The van der Waals surface area contributed by atoms with Gasteiger partial charge < -0.3 is 10.0 Å². The topological polar surface area (TPSA) is 104 Å². The maximum atomic E-state index is 12.1. The standard InChI is InChI=1S/C11H12Cl2N2O5S/c1-15(2)10(16)5-14-21(19,20)9-3-6(11(17)18)7(12)4-8(9)13/h3-4,14H,5H2,1-2H3,(H,17,18). The van der Waals surface area contributed by atoms with Crippen molar-refractivity contribution in [2.75, 3.05) is 20.6 Å². The fourth-order valence-electron chi connectivity index (χ4n) is 1.29. The van der Waals surface area contributed by atoms with Crippen molar-refractivity contribution in [1.82, 2.24) is 9.62 Å². The van der Waals surface area contributed by atoms with Crippen molar-refractivity contribution in [3.63, 3.8) is 0 Å². The second-order valence-electron chi connectivity index (χ2n) is 4.18. The molecule has 0 heterocycles. The van der Waals surface area contributed by atoms with Crippen LogP contribution in [0.15, 0.2) is 17.0 Å². The molecule has 0 aliphatic rings. The van der Waals surface area contributed by atoms with E-state index in [4.69, 9.17) is 28.3 Å². The molecule has 0 spiro atoms. The maximum Gasteiger partial charge on any atom is 0.337 e. The van der Waals surface area contributed by atoms with E-state index in [0.717, 1.165) is 12.1 Å². The molecule has 0 atom stereocenters. The van der Waals surface area contributed by atoms with Crippen LogP contribution in [-0.2, 0) is 14.8 Å². The van der Waals surface area contributed by atoms with E-state index in [1.54, 1.807) is 0 Å². The molecule has 0 unspecified atom stereocenters. The number of nitrogens with zero attached hydrogens (tertiary/aromatic N) is 1. The molecule has 1 amide bonds. The summed E-state index contributed by atoms with van der Waals surface area (Å²) in [5.74, 6) is -1.86. The predicted molar refractivity (Wildman–Crippen MR) is 77.3 cm³/mol. The monoisotopic (exact) mass is 354 g/mol. The van der Waals surface area contributed by atoms with E-state index in [1.807, 2.05) is 4.72 Å². The minimum absolute atomic E-state index is 0.184. The van der Waals surface area contributed by atoms with Gasteiger partial charge in [0.25, 0.3) is 0 Å². The zero-order chi connectivity index (χ0) is 16.4. The van der Waals surface area contributed by atoms with E-state index in [2.05, 4.69) is 0 Å². The van der Waals surface area contributed by atoms with E-state index in [9.17, 15) is 18.0 Å². The van der Waals surface area contributed by atoms with Crippen molar-refractivity contribution < 1.29 is 23.1 Å². The fraction of sp³-hybridized carbons (Fsp3) is 0.273. The van der Waals surface area contributed by atoms with Gasteiger partial charge in [-0.05, 0) is 12.1 Å². The third-order valence-corrected chi connectivity index (χ3v) is 4.63. The van der Waals surface area contributed by atoms with Gasteiger partial charge in [-0.25, -0.2) is 17.9 Å². The number of carboxylic acid groups (broad SMARTS) is 1. The van der Waals surface area contributed by atoms with Gasteiger partial charge in [0.05, 0.1) is 22.2 Å². The first-order chi connectivity index (χ1) is 9.56. The lowest BCUT2D eigenvalue weighted by Crippen LogP contribution is -2.36. The quantitative estimate of drug-likeness (QED) is 0.822. The summed E-state index contributed by atoms with van der Waals surface area (Å²) in [7, 11) is -1.21. The summed E-state index contributed by atoms with van der Waals surface area (Å²) in [5, 5.41) is 8.51. The van der Waals surface area contributed by atoms with Gasteiger partial charge in [0.1, 0.15) is 4.90 Å². The van der Waals surface area contributed by atoms with E-state index < -0.39 is 38.9 Å². The molecule has 0 bridgehead atoms. The Balaban J connectivity index is 3.17. The fourth-order valence-corrected chi connectivity index (χ4v) is 3.12. The number of likely N-dealkylation sites (N-methyl/N-ethyl adjacent to an activating group) is 1. The van der Waals surface area contributed by atoms with Gasteiger partial charge in [-0.1, -0.05) is 23.2 Å². The molecule has 0 aliphatic heterocycles.